The standard InChI is InChI=1S/C8H4Br2Cl2/c9-7(10)5-3-1-2-4-6(5)8(7,11)12/h1-4H. The van der Waals surface area contributed by atoms with Crippen LogP contribution in [0.3, 0.4) is 0 Å². The lowest BCUT2D eigenvalue weighted by atomic mass is 9.87. The Hall–Kier alpha value is 0.760. The quantitative estimate of drug-likeness (QED) is 0.623. The molecule has 0 N–H and O–H groups in total. The van der Waals surface area contributed by atoms with E-state index in [2.05, 4.69) is 31.9 Å². The van der Waals surface area contributed by atoms with Crippen molar-refractivity contribution in [3.63, 3.8) is 0 Å². The van der Waals surface area contributed by atoms with Gasteiger partial charge in [0.1, 0.15) is 3.23 Å². The van der Waals surface area contributed by atoms with E-state index in [9.17, 15) is 0 Å². The van der Waals surface area contributed by atoms with Crippen LogP contribution in [-0.2, 0) is 7.57 Å². The first-order valence-corrected chi connectivity index (χ1v) is 5.68. The first-order valence-electron chi connectivity index (χ1n) is 3.33. The molecule has 0 nitrogen and oxygen atoms in total. The number of benzene rings is 1. The van der Waals surface area contributed by atoms with Crippen molar-refractivity contribution in [2.45, 2.75) is 7.57 Å². The fraction of sp³-hybridized carbons (Fsp3) is 0.250. The van der Waals surface area contributed by atoms with Gasteiger partial charge in [0.25, 0.3) is 0 Å². The van der Waals surface area contributed by atoms with Gasteiger partial charge >= 0.3 is 0 Å². The molecule has 0 aromatic heterocycles. The zero-order chi connectivity index (χ0) is 8.98. The van der Waals surface area contributed by atoms with Gasteiger partial charge in [0.2, 0.25) is 0 Å². The number of fused-ring (bicyclic) bond motifs is 1. The van der Waals surface area contributed by atoms with Crippen LogP contribution >= 0.6 is 55.1 Å². The van der Waals surface area contributed by atoms with Crippen molar-refractivity contribution in [2.24, 2.45) is 0 Å². The molecule has 0 unspecified atom stereocenters. The summed E-state index contributed by atoms with van der Waals surface area (Å²) in [4.78, 5) is 0. The molecule has 1 aliphatic carbocycles. The number of rotatable bonds is 0. The molecule has 0 saturated carbocycles. The fourth-order valence-electron chi connectivity index (χ4n) is 1.31. The Balaban J connectivity index is 2.64. The molecule has 4 heteroatoms. The monoisotopic (exact) mass is 328 g/mol. The molecule has 1 aromatic rings. The van der Waals surface area contributed by atoms with Gasteiger partial charge in [-0.15, -0.1) is 0 Å². The van der Waals surface area contributed by atoms with Crippen LogP contribution in [0.15, 0.2) is 24.3 Å². The van der Waals surface area contributed by atoms with Gasteiger partial charge in [-0.25, -0.2) is 0 Å². The minimum Gasteiger partial charge on any atom is -0.0933 e. The normalized spacial score (nSPS) is 22.7. The summed E-state index contributed by atoms with van der Waals surface area (Å²) in [5, 5.41) is 0. The molecule has 2 rings (SSSR count). The van der Waals surface area contributed by atoms with Crippen molar-refractivity contribution < 1.29 is 0 Å². The van der Waals surface area contributed by atoms with Crippen molar-refractivity contribution >= 4 is 55.1 Å². The Bertz CT molecular complexity index is 301. The summed E-state index contributed by atoms with van der Waals surface area (Å²) in [6.45, 7) is 0. The summed E-state index contributed by atoms with van der Waals surface area (Å²) < 4.78 is -1.36. The van der Waals surface area contributed by atoms with Gasteiger partial charge in [-0.05, 0) is 11.1 Å². The van der Waals surface area contributed by atoms with E-state index in [0.717, 1.165) is 11.1 Å². The molecule has 0 aliphatic heterocycles. The molecular weight excluding hydrogens is 327 g/mol. The predicted octanol–water partition coefficient (Wildman–Crippen LogP) is 4.27. The Morgan fingerprint density at radius 2 is 1.50 bits per heavy atom. The second-order valence-electron chi connectivity index (χ2n) is 2.69. The highest BCUT2D eigenvalue weighted by atomic mass is 79.9. The average Bonchev–Trinajstić information content (AvgIpc) is 2.04. The summed E-state index contributed by atoms with van der Waals surface area (Å²) in [5.41, 5.74) is 2.05. The number of halogens is 4. The predicted molar refractivity (Wildman–Crippen MR) is 59.4 cm³/mol. The molecule has 0 spiro atoms. The second-order valence-corrected chi connectivity index (χ2v) is 7.46. The second kappa shape index (κ2) is 2.63. The van der Waals surface area contributed by atoms with Crippen LogP contribution in [0.1, 0.15) is 11.1 Å². The highest BCUT2D eigenvalue weighted by Gasteiger charge is 2.59. The van der Waals surface area contributed by atoms with E-state index in [1.54, 1.807) is 0 Å². The maximum atomic E-state index is 6.10. The lowest BCUT2D eigenvalue weighted by Crippen LogP contribution is -2.42. The van der Waals surface area contributed by atoms with Gasteiger partial charge in [0.15, 0.2) is 4.33 Å². The third kappa shape index (κ3) is 0.955. The molecule has 0 saturated heterocycles. The van der Waals surface area contributed by atoms with E-state index in [-0.39, 0.29) is 0 Å². The van der Waals surface area contributed by atoms with E-state index in [4.69, 9.17) is 23.2 Å². The topological polar surface area (TPSA) is 0 Å². The summed E-state index contributed by atoms with van der Waals surface area (Å²) >= 11 is 19.1. The van der Waals surface area contributed by atoms with Crippen LogP contribution in [0.4, 0.5) is 0 Å². The molecule has 1 aliphatic rings. The van der Waals surface area contributed by atoms with E-state index in [1.165, 1.54) is 0 Å². The zero-order valence-electron chi connectivity index (χ0n) is 5.82. The van der Waals surface area contributed by atoms with Gasteiger partial charge in [0.05, 0.1) is 0 Å². The molecular formula is C8H4Br2Cl2. The number of hydrogen-bond donors (Lipinski definition) is 0. The first kappa shape index (κ1) is 9.32. The van der Waals surface area contributed by atoms with Crippen LogP contribution in [-0.4, -0.2) is 0 Å². The smallest absolute Gasteiger partial charge is 0.0933 e. The molecule has 0 amide bonds. The summed E-state index contributed by atoms with van der Waals surface area (Å²) in [6.07, 6.45) is 0. The largest absolute Gasteiger partial charge is 0.172 e. The summed E-state index contributed by atoms with van der Waals surface area (Å²) in [6, 6.07) is 7.80. The molecule has 0 fully saturated rings. The Morgan fingerprint density at radius 3 is 2.00 bits per heavy atom. The third-order valence-electron chi connectivity index (χ3n) is 2.00. The summed E-state index contributed by atoms with van der Waals surface area (Å²) in [7, 11) is 0. The maximum absolute atomic E-state index is 6.10. The minimum atomic E-state index is -0.871. The average molecular weight is 331 g/mol. The molecule has 12 heavy (non-hydrogen) atoms. The van der Waals surface area contributed by atoms with Crippen LogP contribution < -0.4 is 0 Å². The molecule has 0 radical (unpaired) electrons. The van der Waals surface area contributed by atoms with Crippen molar-refractivity contribution in [2.75, 3.05) is 0 Å². The van der Waals surface area contributed by atoms with Crippen molar-refractivity contribution in [3.8, 4) is 0 Å². The van der Waals surface area contributed by atoms with E-state index < -0.39 is 7.57 Å². The maximum Gasteiger partial charge on any atom is 0.172 e. The fourth-order valence-corrected chi connectivity index (χ4v) is 2.96. The highest BCUT2D eigenvalue weighted by Crippen LogP contribution is 2.68. The van der Waals surface area contributed by atoms with Crippen molar-refractivity contribution in [1.29, 1.82) is 0 Å². The van der Waals surface area contributed by atoms with Gasteiger partial charge in [0, 0.05) is 0 Å². The number of hydrogen-bond acceptors (Lipinski definition) is 0. The van der Waals surface area contributed by atoms with Gasteiger partial charge in [-0.2, -0.15) is 0 Å². The van der Waals surface area contributed by atoms with Crippen LogP contribution in [0.2, 0.25) is 0 Å². The molecule has 64 valence electrons. The zero-order valence-corrected chi connectivity index (χ0v) is 10.5. The molecule has 0 atom stereocenters. The van der Waals surface area contributed by atoms with Crippen LogP contribution in [0.5, 0.6) is 0 Å². The van der Waals surface area contributed by atoms with Crippen molar-refractivity contribution in [3.05, 3.63) is 35.4 Å². The minimum absolute atomic E-state index is 0.493. The van der Waals surface area contributed by atoms with Crippen molar-refractivity contribution in [1.82, 2.24) is 0 Å². The van der Waals surface area contributed by atoms with Gasteiger partial charge < -0.3 is 0 Å². The van der Waals surface area contributed by atoms with E-state index in [0.29, 0.717) is 0 Å². The Kier molecular flexibility index (Phi) is 2.04. The van der Waals surface area contributed by atoms with Gasteiger partial charge in [-0.3, -0.25) is 0 Å². The SMILES string of the molecule is ClC1(Cl)c2ccccc2C1(Br)Br. The van der Waals surface area contributed by atoms with Crippen LogP contribution in [0.25, 0.3) is 0 Å². The molecule has 0 bridgehead atoms. The van der Waals surface area contributed by atoms with E-state index in [1.807, 2.05) is 24.3 Å². The lowest BCUT2D eigenvalue weighted by Gasteiger charge is -2.45. The highest BCUT2D eigenvalue weighted by molar-refractivity contribution is 9.25. The van der Waals surface area contributed by atoms with Gasteiger partial charge in [-0.1, -0.05) is 79.3 Å². The molecule has 1 aromatic carbocycles. The third-order valence-corrected chi connectivity index (χ3v) is 5.93. The first-order chi connectivity index (χ1) is 5.48. The lowest BCUT2D eigenvalue weighted by molar-refractivity contribution is 0.681. The molecule has 0 heterocycles. The number of alkyl halides is 4. The van der Waals surface area contributed by atoms with E-state index >= 15 is 0 Å². The van der Waals surface area contributed by atoms with Crippen LogP contribution in [0, 0.1) is 0 Å². The Labute approximate surface area is 97.5 Å². The summed E-state index contributed by atoms with van der Waals surface area (Å²) in [5.74, 6) is 0. The Morgan fingerprint density at radius 1 is 1.00 bits per heavy atom.